The first-order valence-corrected chi connectivity index (χ1v) is 8.71. The monoisotopic (exact) mass is 313 g/mol. The second-order valence-corrected chi connectivity index (χ2v) is 6.81. The summed E-state index contributed by atoms with van der Waals surface area (Å²) in [7, 11) is 0. The number of carbonyl (C=O) groups excluding carboxylic acids is 1. The number of fused-ring (bicyclic) bond motifs is 1. The highest BCUT2D eigenvalue weighted by molar-refractivity contribution is 5.93. The number of ether oxygens (including phenoxy) is 1. The highest BCUT2D eigenvalue weighted by atomic mass is 16.5. The second kappa shape index (κ2) is 6.40. The molecule has 4 rings (SSSR count). The van der Waals surface area contributed by atoms with Gasteiger partial charge in [-0.05, 0) is 50.5 Å². The zero-order chi connectivity index (χ0) is 15.6. The minimum Gasteiger partial charge on any atom is -0.367 e. The number of allylic oxidation sites excluding steroid dienone is 1. The molecular formula is C18H23N3O2. The summed E-state index contributed by atoms with van der Waals surface area (Å²) in [6.07, 6.45) is 12.1. The van der Waals surface area contributed by atoms with Crippen LogP contribution < -0.4 is 0 Å². The third-order valence-corrected chi connectivity index (χ3v) is 5.34. The van der Waals surface area contributed by atoms with Gasteiger partial charge in [-0.25, -0.2) is 9.97 Å². The van der Waals surface area contributed by atoms with Crippen LogP contribution in [0.4, 0.5) is 0 Å². The van der Waals surface area contributed by atoms with Gasteiger partial charge in [0.15, 0.2) is 0 Å². The Morgan fingerprint density at radius 2 is 2.30 bits per heavy atom. The number of piperidine rings is 1. The fraction of sp³-hybridized carbons (Fsp3) is 0.611. The van der Waals surface area contributed by atoms with Crippen LogP contribution in [-0.4, -0.2) is 40.0 Å². The van der Waals surface area contributed by atoms with Crippen LogP contribution in [0.5, 0.6) is 0 Å². The van der Waals surface area contributed by atoms with Crippen molar-refractivity contribution in [2.24, 2.45) is 5.92 Å². The Hall–Kier alpha value is -1.75. The Labute approximate surface area is 136 Å². The number of hydrogen-bond acceptors (Lipinski definition) is 4. The van der Waals surface area contributed by atoms with Crippen molar-refractivity contribution in [2.75, 3.05) is 13.1 Å². The van der Waals surface area contributed by atoms with Crippen molar-refractivity contribution in [1.29, 1.82) is 0 Å². The SMILES string of the molecule is O=C(C1=CCCCC1)N1CC[C@@H]2C[C@@H](c3ccncn3)O[C@H]2C1. The van der Waals surface area contributed by atoms with Gasteiger partial charge in [0.2, 0.25) is 5.91 Å². The molecule has 0 aromatic carbocycles. The number of carbonyl (C=O) groups is 1. The summed E-state index contributed by atoms with van der Waals surface area (Å²) in [5.41, 5.74) is 1.97. The van der Waals surface area contributed by atoms with Crippen LogP contribution in [0, 0.1) is 5.92 Å². The van der Waals surface area contributed by atoms with Crippen molar-refractivity contribution >= 4 is 5.91 Å². The van der Waals surface area contributed by atoms with E-state index in [0.717, 1.165) is 56.5 Å². The smallest absolute Gasteiger partial charge is 0.249 e. The lowest BCUT2D eigenvalue weighted by Gasteiger charge is -2.35. The maximum Gasteiger partial charge on any atom is 0.249 e. The summed E-state index contributed by atoms with van der Waals surface area (Å²) in [4.78, 5) is 23.0. The molecule has 3 atom stereocenters. The van der Waals surface area contributed by atoms with Gasteiger partial charge < -0.3 is 9.64 Å². The topological polar surface area (TPSA) is 55.3 Å². The summed E-state index contributed by atoms with van der Waals surface area (Å²) in [5, 5.41) is 0. The molecule has 5 nitrogen and oxygen atoms in total. The summed E-state index contributed by atoms with van der Waals surface area (Å²) in [5.74, 6) is 0.775. The molecule has 2 saturated heterocycles. The van der Waals surface area contributed by atoms with Crippen LogP contribution in [0.25, 0.3) is 0 Å². The predicted molar refractivity (Wildman–Crippen MR) is 85.5 cm³/mol. The summed E-state index contributed by atoms with van der Waals surface area (Å²) in [6, 6.07) is 1.93. The molecule has 0 bridgehead atoms. The van der Waals surface area contributed by atoms with Crippen LogP contribution in [0.3, 0.4) is 0 Å². The van der Waals surface area contributed by atoms with E-state index in [0.29, 0.717) is 5.92 Å². The van der Waals surface area contributed by atoms with Crippen molar-refractivity contribution in [1.82, 2.24) is 14.9 Å². The van der Waals surface area contributed by atoms with E-state index in [4.69, 9.17) is 4.74 Å². The molecule has 23 heavy (non-hydrogen) atoms. The van der Waals surface area contributed by atoms with Crippen LogP contribution in [0.15, 0.2) is 30.2 Å². The van der Waals surface area contributed by atoms with E-state index in [9.17, 15) is 4.79 Å². The molecular weight excluding hydrogens is 290 g/mol. The van der Waals surface area contributed by atoms with E-state index in [1.807, 2.05) is 11.0 Å². The largest absolute Gasteiger partial charge is 0.367 e. The fourth-order valence-electron chi connectivity index (χ4n) is 4.03. The zero-order valence-electron chi connectivity index (χ0n) is 13.4. The van der Waals surface area contributed by atoms with Gasteiger partial charge in [-0.15, -0.1) is 0 Å². The molecule has 0 unspecified atom stereocenters. The number of nitrogens with zero attached hydrogens (tertiary/aromatic N) is 3. The summed E-state index contributed by atoms with van der Waals surface area (Å²) in [6.45, 7) is 1.58. The molecule has 0 radical (unpaired) electrons. The van der Waals surface area contributed by atoms with Crippen LogP contribution in [0.2, 0.25) is 0 Å². The number of aromatic nitrogens is 2. The third-order valence-electron chi connectivity index (χ3n) is 5.34. The molecule has 1 aliphatic carbocycles. The Balaban J connectivity index is 1.41. The number of hydrogen-bond donors (Lipinski definition) is 0. The van der Waals surface area contributed by atoms with Crippen molar-refractivity contribution < 1.29 is 9.53 Å². The average molecular weight is 313 g/mol. The number of amides is 1. The molecule has 0 spiro atoms. The minimum absolute atomic E-state index is 0.0527. The molecule has 1 aromatic rings. The number of rotatable bonds is 2. The molecule has 0 saturated carbocycles. The lowest BCUT2D eigenvalue weighted by atomic mass is 9.90. The molecule has 0 N–H and O–H groups in total. The minimum atomic E-state index is 0.0527. The van der Waals surface area contributed by atoms with E-state index in [1.165, 1.54) is 6.42 Å². The van der Waals surface area contributed by atoms with E-state index >= 15 is 0 Å². The first-order chi connectivity index (χ1) is 11.3. The first-order valence-electron chi connectivity index (χ1n) is 8.71. The van der Waals surface area contributed by atoms with Crippen molar-refractivity contribution in [3.63, 3.8) is 0 Å². The van der Waals surface area contributed by atoms with E-state index < -0.39 is 0 Å². The van der Waals surface area contributed by atoms with E-state index in [-0.39, 0.29) is 18.1 Å². The molecule has 2 fully saturated rings. The molecule has 1 amide bonds. The van der Waals surface area contributed by atoms with E-state index in [2.05, 4.69) is 16.0 Å². The molecule has 5 heteroatoms. The van der Waals surface area contributed by atoms with Crippen LogP contribution in [-0.2, 0) is 9.53 Å². The Kier molecular flexibility index (Phi) is 4.12. The highest BCUT2D eigenvalue weighted by Gasteiger charge is 2.41. The standard InChI is InChI=1S/C18H23N3O2/c22-18(13-4-2-1-3-5-13)21-9-7-14-10-16(23-17(14)11-21)15-6-8-19-12-20-15/h4,6,8,12,14,16-17H,1-3,5,7,9-11H2/t14-,16+,17+/m1/s1. The van der Waals surface area contributed by atoms with Crippen molar-refractivity contribution in [3.05, 3.63) is 35.9 Å². The van der Waals surface area contributed by atoms with Gasteiger partial charge in [0.05, 0.1) is 11.8 Å². The maximum absolute atomic E-state index is 12.7. The summed E-state index contributed by atoms with van der Waals surface area (Å²) < 4.78 is 6.22. The molecule has 1 aromatic heterocycles. The van der Waals surface area contributed by atoms with Gasteiger partial charge in [-0.3, -0.25) is 4.79 Å². The molecule has 3 aliphatic rings. The molecule has 3 heterocycles. The summed E-state index contributed by atoms with van der Waals surface area (Å²) >= 11 is 0. The lowest BCUT2D eigenvalue weighted by molar-refractivity contribution is -0.131. The normalized spacial score (nSPS) is 30.7. The van der Waals surface area contributed by atoms with Gasteiger partial charge in [0.1, 0.15) is 12.4 Å². The predicted octanol–water partition coefficient (Wildman–Crippen LogP) is 2.66. The van der Waals surface area contributed by atoms with Crippen molar-refractivity contribution in [2.45, 2.75) is 50.7 Å². The second-order valence-electron chi connectivity index (χ2n) is 6.81. The van der Waals surface area contributed by atoms with Crippen LogP contribution in [0.1, 0.15) is 50.3 Å². The average Bonchev–Trinajstić information content (AvgIpc) is 3.06. The van der Waals surface area contributed by atoms with E-state index in [1.54, 1.807) is 12.5 Å². The van der Waals surface area contributed by atoms with Gasteiger partial charge in [-0.1, -0.05) is 6.08 Å². The highest BCUT2D eigenvalue weighted by Crippen LogP contribution is 2.40. The van der Waals surface area contributed by atoms with Crippen molar-refractivity contribution in [3.8, 4) is 0 Å². The molecule has 122 valence electrons. The lowest BCUT2D eigenvalue weighted by Crippen LogP contribution is -2.46. The maximum atomic E-state index is 12.7. The molecule has 2 aliphatic heterocycles. The van der Waals surface area contributed by atoms with Gasteiger partial charge in [0, 0.05) is 24.9 Å². The zero-order valence-corrected chi connectivity index (χ0v) is 13.4. The van der Waals surface area contributed by atoms with Gasteiger partial charge in [-0.2, -0.15) is 0 Å². The third kappa shape index (κ3) is 3.02. The Morgan fingerprint density at radius 1 is 1.35 bits per heavy atom. The Bertz CT molecular complexity index is 602. The number of likely N-dealkylation sites (tertiary alicyclic amines) is 1. The quantitative estimate of drug-likeness (QED) is 0.842. The van der Waals surface area contributed by atoms with Gasteiger partial charge >= 0.3 is 0 Å². The fourth-order valence-corrected chi connectivity index (χ4v) is 4.03. The Morgan fingerprint density at radius 3 is 3.09 bits per heavy atom. The van der Waals surface area contributed by atoms with Gasteiger partial charge in [0.25, 0.3) is 0 Å². The first kappa shape index (κ1) is 14.8. The van der Waals surface area contributed by atoms with Crippen LogP contribution >= 0.6 is 0 Å².